The molecule has 0 aliphatic rings. The third-order valence-electron chi connectivity index (χ3n) is 3.41. The van der Waals surface area contributed by atoms with E-state index in [9.17, 15) is 14.9 Å². The summed E-state index contributed by atoms with van der Waals surface area (Å²) in [5.74, 6) is 0.820. The molecule has 2 aromatic carbocycles. The van der Waals surface area contributed by atoms with Crippen molar-refractivity contribution in [2.75, 3.05) is 13.7 Å². The molecule has 0 saturated carbocycles. The summed E-state index contributed by atoms with van der Waals surface area (Å²) in [5.41, 5.74) is 5.10. The smallest absolute Gasteiger partial charge is 0.270 e. The molecule has 0 unspecified atom stereocenters. The molecular formula is C18H22ClN3O5. The molecule has 8 nitrogen and oxygen atoms in total. The first kappa shape index (κ1) is 22.2. The summed E-state index contributed by atoms with van der Waals surface area (Å²) in [5, 5.41) is 13.7. The van der Waals surface area contributed by atoms with Gasteiger partial charge in [-0.05, 0) is 44.2 Å². The van der Waals surface area contributed by atoms with Gasteiger partial charge in [-0.3, -0.25) is 14.9 Å². The van der Waals surface area contributed by atoms with Crippen LogP contribution < -0.4 is 20.5 Å². The first-order valence-corrected chi connectivity index (χ1v) is 7.87. The molecule has 2 aromatic rings. The standard InChI is InChI=1S/C18H21N3O5.ClH/c1-18(2,19)11-20-17(22)15-10-12(21(23)24)4-9-16(15)26-14-7-5-13(25-3)6-8-14;/h4-10H,11,19H2,1-3H3,(H,20,22);1H. The number of nitrogens with zero attached hydrogens (tertiary/aromatic N) is 1. The van der Waals surface area contributed by atoms with Crippen molar-refractivity contribution in [2.24, 2.45) is 5.73 Å². The summed E-state index contributed by atoms with van der Waals surface area (Å²) in [7, 11) is 1.55. The van der Waals surface area contributed by atoms with Crippen molar-refractivity contribution in [1.82, 2.24) is 5.32 Å². The second-order valence-corrected chi connectivity index (χ2v) is 6.39. The van der Waals surface area contributed by atoms with Gasteiger partial charge in [0.15, 0.2) is 0 Å². The number of nitrogens with two attached hydrogens (primary N) is 1. The quantitative estimate of drug-likeness (QED) is 0.548. The number of nitro groups is 1. The van der Waals surface area contributed by atoms with Crippen LogP contribution >= 0.6 is 12.4 Å². The van der Waals surface area contributed by atoms with E-state index in [1.165, 1.54) is 18.2 Å². The van der Waals surface area contributed by atoms with Crippen LogP contribution in [-0.4, -0.2) is 30.0 Å². The van der Waals surface area contributed by atoms with E-state index >= 15 is 0 Å². The molecule has 146 valence electrons. The Labute approximate surface area is 163 Å². The number of hydrogen-bond acceptors (Lipinski definition) is 6. The summed E-state index contributed by atoms with van der Waals surface area (Å²) in [6, 6.07) is 10.6. The Kier molecular flexibility index (Phi) is 7.56. The molecule has 9 heteroatoms. The van der Waals surface area contributed by atoms with E-state index in [2.05, 4.69) is 5.32 Å². The lowest BCUT2D eigenvalue weighted by Crippen LogP contribution is -2.45. The van der Waals surface area contributed by atoms with E-state index in [0.29, 0.717) is 11.5 Å². The molecule has 0 spiro atoms. The van der Waals surface area contributed by atoms with Gasteiger partial charge in [0.1, 0.15) is 17.2 Å². The minimum absolute atomic E-state index is 0. The summed E-state index contributed by atoms with van der Waals surface area (Å²) in [4.78, 5) is 23.0. The molecular weight excluding hydrogens is 374 g/mol. The van der Waals surface area contributed by atoms with Crippen molar-refractivity contribution in [3.8, 4) is 17.2 Å². The molecule has 0 bridgehead atoms. The van der Waals surface area contributed by atoms with Gasteiger partial charge in [-0.25, -0.2) is 0 Å². The molecule has 0 radical (unpaired) electrons. The number of ether oxygens (including phenoxy) is 2. The van der Waals surface area contributed by atoms with Crippen molar-refractivity contribution >= 4 is 24.0 Å². The van der Waals surface area contributed by atoms with Crippen molar-refractivity contribution in [3.63, 3.8) is 0 Å². The highest BCUT2D eigenvalue weighted by molar-refractivity contribution is 5.97. The van der Waals surface area contributed by atoms with E-state index in [-0.39, 0.29) is 36.0 Å². The Morgan fingerprint density at radius 2 is 1.78 bits per heavy atom. The van der Waals surface area contributed by atoms with E-state index in [0.717, 1.165) is 0 Å². The van der Waals surface area contributed by atoms with Crippen molar-refractivity contribution in [2.45, 2.75) is 19.4 Å². The van der Waals surface area contributed by atoms with Gasteiger partial charge in [-0.2, -0.15) is 0 Å². The van der Waals surface area contributed by atoms with E-state index in [1.807, 2.05) is 0 Å². The monoisotopic (exact) mass is 395 g/mol. The summed E-state index contributed by atoms with van der Waals surface area (Å²) in [6.45, 7) is 3.72. The van der Waals surface area contributed by atoms with Crippen LogP contribution in [0.1, 0.15) is 24.2 Å². The lowest BCUT2D eigenvalue weighted by atomic mass is 10.1. The van der Waals surface area contributed by atoms with Crippen LogP contribution in [0, 0.1) is 10.1 Å². The van der Waals surface area contributed by atoms with Crippen molar-refractivity contribution in [3.05, 3.63) is 58.1 Å². The number of rotatable bonds is 7. The predicted octanol–water partition coefficient (Wildman–Crippen LogP) is 3.28. The van der Waals surface area contributed by atoms with Crippen molar-refractivity contribution in [1.29, 1.82) is 0 Å². The molecule has 2 rings (SSSR count). The number of carbonyl (C=O) groups excluding carboxylic acids is 1. The third-order valence-corrected chi connectivity index (χ3v) is 3.41. The predicted molar refractivity (Wildman–Crippen MR) is 104 cm³/mol. The average molecular weight is 396 g/mol. The summed E-state index contributed by atoms with van der Waals surface area (Å²) in [6.07, 6.45) is 0. The highest BCUT2D eigenvalue weighted by atomic mass is 35.5. The molecule has 0 atom stereocenters. The number of amides is 1. The Balaban J connectivity index is 0.00000364. The first-order chi connectivity index (χ1) is 12.2. The molecule has 27 heavy (non-hydrogen) atoms. The van der Waals surface area contributed by atoms with Crippen LogP contribution in [0.15, 0.2) is 42.5 Å². The number of benzene rings is 2. The fourth-order valence-corrected chi connectivity index (χ4v) is 2.07. The van der Waals surface area contributed by atoms with E-state index < -0.39 is 16.4 Å². The highest BCUT2D eigenvalue weighted by Gasteiger charge is 2.20. The number of hydrogen-bond donors (Lipinski definition) is 2. The normalized spacial score (nSPS) is 10.5. The Morgan fingerprint density at radius 1 is 1.19 bits per heavy atom. The maximum Gasteiger partial charge on any atom is 0.270 e. The largest absolute Gasteiger partial charge is 0.497 e. The van der Waals surface area contributed by atoms with Crippen LogP contribution in [0.3, 0.4) is 0 Å². The topological polar surface area (TPSA) is 117 Å². The number of non-ortho nitro benzene ring substituents is 1. The van der Waals surface area contributed by atoms with Crippen LogP contribution in [0.25, 0.3) is 0 Å². The maximum absolute atomic E-state index is 12.5. The van der Waals surface area contributed by atoms with Gasteiger partial charge in [0.05, 0.1) is 17.6 Å². The van der Waals surface area contributed by atoms with Crippen molar-refractivity contribution < 1.29 is 19.2 Å². The number of carbonyl (C=O) groups is 1. The van der Waals surface area contributed by atoms with Crippen LogP contribution in [0.2, 0.25) is 0 Å². The lowest BCUT2D eigenvalue weighted by molar-refractivity contribution is -0.384. The van der Waals surface area contributed by atoms with Gasteiger partial charge < -0.3 is 20.5 Å². The number of methoxy groups -OCH3 is 1. The average Bonchev–Trinajstić information content (AvgIpc) is 2.60. The number of nitro benzene ring substituents is 1. The first-order valence-electron chi connectivity index (χ1n) is 7.87. The van der Waals surface area contributed by atoms with Gasteiger partial charge in [-0.1, -0.05) is 0 Å². The molecule has 0 aromatic heterocycles. The third kappa shape index (κ3) is 6.43. The van der Waals surface area contributed by atoms with Gasteiger partial charge >= 0.3 is 0 Å². The second kappa shape index (κ2) is 9.20. The number of nitrogens with one attached hydrogen (secondary N) is 1. The summed E-state index contributed by atoms with van der Waals surface area (Å²) < 4.78 is 10.8. The van der Waals surface area contributed by atoms with Crippen LogP contribution in [-0.2, 0) is 0 Å². The molecule has 3 N–H and O–H groups in total. The van der Waals surface area contributed by atoms with Crippen LogP contribution in [0.4, 0.5) is 5.69 Å². The van der Waals surface area contributed by atoms with Gasteiger partial charge in [0, 0.05) is 24.2 Å². The van der Waals surface area contributed by atoms with Gasteiger partial charge in [0.2, 0.25) is 0 Å². The minimum atomic E-state index is -0.618. The molecule has 0 heterocycles. The Hall–Kier alpha value is -2.84. The zero-order chi connectivity index (χ0) is 19.3. The zero-order valence-electron chi connectivity index (χ0n) is 15.2. The molecule has 0 fully saturated rings. The molecule has 1 amide bonds. The van der Waals surface area contributed by atoms with Gasteiger partial charge in [-0.15, -0.1) is 12.4 Å². The van der Waals surface area contributed by atoms with E-state index in [1.54, 1.807) is 45.2 Å². The fourth-order valence-electron chi connectivity index (χ4n) is 2.07. The molecule has 0 aliphatic carbocycles. The highest BCUT2D eigenvalue weighted by Crippen LogP contribution is 2.29. The summed E-state index contributed by atoms with van der Waals surface area (Å²) >= 11 is 0. The van der Waals surface area contributed by atoms with E-state index in [4.69, 9.17) is 15.2 Å². The minimum Gasteiger partial charge on any atom is -0.497 e. The zero-order valence-corrected chi connectivity index (χ0v) is 16.0. The maximum atomic E-state index is 12.5. The number of halogens is 1. The van der Waals surface area contributed by atoms with Crippen LogP contribution in [0.5, 0.6) is 17.2 Å². The van der Waals surface area contributed by atoms with Gasteiger partial charge in [0.25, 0.3) is 11.6 Å². The Bertz CT molecular complexity index is 804. The fraction of sp³-hybridized carbons (Fsp3) is 0.278. The lowest BCUT2D eigenvalue weighted by Gasteiger charge is -2.19. The second-order valence-electron chi connectivity index (χ2n) is 6.39. The SMILES string of the molecule is COc1ccc(Oc2ccc([N+](=O)[O-])cc2C(=O)NCC(C)(C)N)cc1.Cl. The Morgan fingerprint density at radius 3 is 2.30 bits per heavy atom. The molecule has 0 saturated heterocycles. The molecule has 0 aliphatic heterocycles.